The Balaban J connectivity index is 4.49. The molecule has 0 unspecified atom stereocenters. The van der Waals surface area contributed by atoms with E-state index < -0.39 is 29.5 Å². The molecule has 0 aliphatic rings. The number of primary amides is 1. The molecule has 0 rings (SSSR count). The first-order chi connectivity index (χ1) is 8.53. The topological polar surface area (TPSA) is 122 Å². The van der Waals surface area contributed by atoms with Crippen molar-refractivity contribution in [2.45, 2.75) is 52.1 Å². The van der Waals surface area contributed by atoms with Gasteiger partial charge in [0.05, 0.1) is 0 Å². The van der Waals surface area contributed by atoms with Crippen molar-refractivity contribution in [1.29, 1.82) is 0 Å². The minimum absolute atomic E-state index is 0.0255. The van der Waals surface area contributed by atoms with Crippen molar-refractivity contribution in [2.75, 3.05) is 0 Å². The molecule has 0 fully saturated rings. The molecule has 0 radical (unpaired) electrons. The second kappa shape index (κ2) is 6.96. The number of amides is 3. The van der Waals surface area contributed by atoms with Gasteiger partial charge in [0, 0.05) is 12.0 Å². The van der Waals surface area contributed by atoms with Crippen molar-refractivity contribution < 1.29 is 19.5 Å². The van der Waals surface area contributed by atoms with Crippen LogP contribution in [0.2, 0.25) is 0 Å². The number of carboxylic acid groups (broad SMARTS) is 1. The van der Waals surface area contributed by atoms with Crippen molar-refractivity contribution in [3.05, 3.63) is 0 Å². The van der Waals surface area contributed by atoms with Gasteiger partial charge in [0.15, 0.2) is 0 Å². The summed E-state index contributed by atoms with van der Waals surface area (Å²) < 4.78 is 0. The predicted molar refractivity (Wildman–Crippen MR) is 70.4 cm³/mol. The number of nitrogens with one attached hydrogen (secondary N) is 2. The maximum absolute atomic E-state index is 11.7. The largest absolute Gasteiger partial charge is 0.480 e. The van der Waals surface area contributed by atoms with E-state index >= 15 is 0 Å². The summed E-state index contributed by atoms with van der Waals surface area (Å²) in [6.45, 7) is 7.00. The van der Waals surface area contributed by atoms with Crippen LogP contribution in [0.25, 0.3) is 0 Å². The molecule has 3 amide bonds. The van der Waals surface area contributed by atoms with E-state index in [0.29, 0.717) is 6.42 Å². The number of aliphatic carboxylic acids is 1. The fourth-order valence-electron chi connectivity index (χ4n) is 1.67. The highest BCUT2D eigenvalue weighted by molar-refractivity contribution is 5.83. The monoisotopic (exact) mass is 273 g/mol. The molecule has 0 aliphatic carbocycles. The zero-order chi connectivity index (χ0) is 15.2. The van der Waals surface area contributed by atoms with E-state index in [0.717, 1.165) is 0 Å². The van der Waals surface area contributed by atoms with Gasteiger partial charge in [0.2, 0.25) is 5.91 Å². The lowest BCUT2D eigenvalue weighted by Crippen LogP contribution is -2.54. The summed E-state index contributed by atoms with van der Waals surface area (Å²) in [5.41, 5.74) is 4.24. The average Bonchev–Trinajstić information content (AvgIpc) is 2.11. The lowest BCUT2D eigenvalue weighted by atomic mass is 10.0. The highest BCUT2D eigenvalue weighted by atomic mass is 16.4. The smallest absolute Gasteiger partial charge is 0.326 e. The van der Waals surface area contributed by atoms with Crippen LogP contribution in [-0.4, -0.2) is 34.6 Å². The first-order valence-corrected chi connectivity index (χ1v) is 6.13. The van der Waals surface area contributed by atoms with Crippen LogP contribution in [0.5, 0.6) is 0 Å². The summed E-state index contributed by atoms with van der Waals surface area (Å²) >= 11 is 0. The number of carboxylic acids is 1. The molecule has 0 spiro atoms. The van der Waals surface area contributed by atoms with Gasteiger partial charge in [-0.15, -0.1) is 0 Å². The van der Waals surface area contributed by atoms with Gasteiger partial charge >= 0.3 is 12.0 Å². The third-order valence-electron chi connectivity index (χ3n) is 2.38. The molecule has 5 N–H and O–H groups in total. The minimum atomic E-state index is -1.09. The van der Waals surface area contributed by atoms with Crippen LogP contribution in [0.4, 0.5) is 4.79 Å². The molecule has 19 heavy (non-hydrogen) atoms. The number of hydrogen-bond acceptors (Lipinski definition) is 3. The Hall–Kier alpha value is -1.79. The molecule has 0 aromatic carbocycles. The highest BCUT2D eigenvalue weighted by Gasteiger charge is 2.26. The Morgan fingerprint density at radius 3 is 2.16 bits per heavy atom. The van der Waals surface area contributed by atoms with Crippen LogP contribution < -0.4 is 16.4 Å². The fourth-order valence-corrected chi connectivity index (χ4v) is 1.67. The summed E-state index contributed by atoms with van der Waals surface area (Å²) in [4.78, 5) is 33.5. The minimum Gasteiger partial charge on any atom is -0.480 e. The molecule has 110 valence electrons. The van der Waals surface area contributed by atoms with E-state index in [4.69, 9.17) is 10.8 Å². The standard InChI is InChI=1S/C12H23N3O4/c1-7(2)5-8(10(17)18)14-11(19)15-12(3,4)6-9(13)16/h7-8H,5-6H2,1-4H3,(H2,13,16)(H,17,18)(H2,14,15,19)/t8-/m1/s1. The lowest BCUT2D eigenvalue weighted by Gasteiger charge is -2.26. The summed E-state index contributed by atoms with van der Waals surface area (Å²) in [6, 6.07) is -1.58. The summed E-state index contributed by atoms with van der Waals surface area (Å²) in [5, 5.41) is 13.9. The second-order valence-electron chi connectivity index (χ2n) is 5.65. The quantitative estimate of drug-likeness (QED) is 0.537. The van der Waals surface area contributed by atoms with E-state index in [1.807, 2.05) is 13.8 Å². The zero-order valence-corrected chi connectivity index (χ0v) is 11.8. The first kappa shape index (κ1) is 17.2. The first-order valence-electron chi connectivity index (χ1n) is 6.13. The van der Waals surface area contributed by atoms with Crippen molar-refractivity contribution in [2.24, 2.45) is 11.7 Å². The molecule has 0 saturated carbocycles. The fraction of sp³-hybridized carbons (Fsp3) is 0.750. The third kappa shape index (κ3) is 8.01. The molecule has 7 nitrogen and oxygen atoms in total. The number of urea groups is 1. The molecule has 0 aromatic heterocycles. The molecular formula is C12H23N3O4. The van der Waals surface area contributed by atoms with Gasteiger partial charge in [0.25, 0.3) is 0 Å². The number of carbonyl (C=O) groups excluding carboxylic acids is 2. The number of nitrogens with two attached hydrogens (primary N) is 1. The average molecular weight is 273 g/mol. The van der Waals surface area contributed by atoms with Gasteiger partial charge in [-0.05, 0) is 26.2 Å². The normalized spacial score (nSPS) is 12.9. The molecule has 0 saturated heterocycles. The number of carbonyl (C=O) groups is 3. The zero-order valence-electron chi connectivity index (χ0n) is 11.8. The van der Waals surface area contributed by atoms with Gasteiger partial charge in [0.1, 0.15) is 6.04 Å². The van der Waals surface area contributed by atoms with E-state index in [2.05, 4.69) is 10.6 Å². The SMILES string of the molecule is CC(C)C[C@@H](NC(=O)NC(C)(C)CC(N)=O)C(=O)O. The Morgan fingerprint density at radius 2 is 1.79 bits per heavy atom. The van der Waals surface area contributed by atoms with Crippen molar-refractivity contribution in [3.8, 4) is 0 Å². The van der Waals surface area contributed by atoms with Crippen LogP contribution in [-0.2, 0) is 9.59 Å². The van der Waals surface area contributed by atoms with Gasteiger partial charge in [-0.3, -0.25) is 4.79 Å². The Kier molecular flexibility index (Phi) is 6.31. The van der Waals surface area contributed by atoms with Gasteiger partial charge in [-0.2, -0.15) is 0 Å². The van der Waals surface area contributed by atoms with Crippen LogP contribution >= 0.6 is 0 Å². The predicted octanol–water partition coefficient (Wildman–Crippen LogP) is 0.439. The summed E-state index contributed by atoms with van der Waals surface area (Å²) in [7, 11) is 0. The molecule has 0 aromatic rings. The van der Waals surface area contributed by atoms with Crippen molar-refractivity contribution >= 4 is 17.9 Å². The van der Waals surface area contributed by atoms with Crippen molar-refractivity contribution in [1.82, 2.24) is 10.6 Å². The Bertz CT molecular complexity index is 353. The second-order valence-corrected chi connectivity index (χ2v) is 5.65. The molecule has 1 atom stereocenters. The summed E-state index contributed by atoms with van der Waals surface area (Å²) in [5.74, 6) is -1.49. The maximum Gasteiger partial charge on any atom is 0.326 e. The van der Waals surface area contributed by atoms with Crippen LogP contribution in [0.3, 0.4) is 0 Å². The maximum atomic E-state index is 11.7. The lowest BCUT2D eigenvalue weighted by molar-refractivity contribution is -0.139. The number of hydrogen-bond donors (Lipinski definition) is 4. The Labute approximate surface area is 112 Å². The third-order valence-corrected chi connectivity index (χ3v) is 2.38. The highest BCUT2D eigenvalue weighted by Crippen LogP contribution is 2.08. The molecule has 0 bridgehead atoms. The molecule has 0 aliphatic heterocycles. The van der Waals surface area contributed by atoms with Gasteiger partial charge in [-0.25, -0.2) is 9.59 Å². The van der Waals surface area contributed by atoms with Gasteiger partial charge < -0.3 is 21.5 Å². The summed E-state index contributed by atoms with van der Waals surface area (Å²) in [6.07, 6.45) is 0.307. The van der Waals surface area contributed by atoms with Gasteiger partial charge in [-0.1, -0.05) is 13.8 Å². The number of rotatable bonds is 7. The van der Waals surface area contributed by atoms with Crippen LogP contribution in [0, 0.1) is 5.92 Å². The Morgan fingerprint density at radius 1 is 1.26 bits per heavy atom. The van der Waals surface area contributed by atoms with E-state index in [1.54, 1.807) is 13.8 Å². The molecule has 0 heterocycles. The van der Waals surface area contributed by atoms with E-state index in [1.165, 1.54) is 0 Å². The van der Waals surface area contributed by atoms with E-state index in [-0.39, 0.29) is 12.3 Å². The van der Waals surface area contributed by atoms with E-state index in [9.17, 15) is 14.4 Å². The molecule has 7 heteroatoms. The van der Waals surface area contributed by atoms with Crippen molar-refractivity contribution in [3.63, 3.8) is 0 Å². The molecular weight excluding hydrogens is 250 g/mol. The van der Waals surface area contributed by atoms with Crippen LogP contribution in [0.1, 0.15) is 40.5 Å². The van der Waals surface area contributed by atoms with Crippen LogP contribution in [0.15, 0.2) is 0 Å².